The lowest BCUT2D eigenvalue weighted by atomic mass is 9.93. The van der Waals surface area contributed by atoms with E-state index in [4.69, 9.17) is 13.6 Å². The zero-order valence-corrected chi connectivity index (χ0v) is 20.0. The zero-order valence-electron chi connectivity index (χ0n) is 20.0. The number of rotatable bonds is 4. The van der Waals surface area contributed by atoms with Gasteiger partial charge in [-0.05, 0) is 46.5 Å². The molecule has 2 heterocycles. The molecule has 0 spiro atoms. The molecular weight excluding hydrogens is 468 g/mol. The number of nitrogens with zero attached hydrogens (tertiary/aromatic N) is 2. The smallest absolute Gasteiger partial charge is 0.347 e. The Morgan fingerprint density at radius 1 is 0.676 bits per heavy atom. The Hall–Kier alpha value is -5.04. The summed E-state index contributed by atoms with van der Waals surface area (Å²) in [4.78, 5) is 36.1. The van der Waals surface area contributed by atoms with E-state index in [2.05, 4.69) is 9.97 Å². The van der Waals surface area contributed by atoms with Crippen LogP contribution in [0.4, 0.5) is 0 Å². The summed E-state index contributed by atoms with van der Waals surface area (Å²) in [6.07, 6.45) is 5.88. The Morgan fingerprint density at radius 3 is 1.51 bits per heavy atom. The number of aromatic nitrogens is 2. The van der Waals surface area contributed by atoms with Crippen molar-refractivity contribution < 1.29 is 23.2 Å². The quantitative estimate of drug-likeness (QED) is 0.196. The lowest BCUT2D eigenvalue weighted by molar-refractivity contribution is 0.0401. The van der Waals surface area contributed by atoms with Crippen LogP contribution in [0.3, 0.4) is 0 Å². The minimum atomic E-state index is -0.804. The molecule has 0 atom stereocenters. The first-order valence-corrected chi connectivity index (χ1v) is 11.6. The largest absolute Gasteiger partial charge is 0.444 e. The lowest BCUT2D eigenvalue weighted by Gasteiger charge is -2.15. The number of hydrogen-bond acceptors (Lipinski definition) is 7. The Morgan fingerprint density at radius 2 is 1.11 bits per heavy atom. The van der Waals surface area contributed by atoms with Crippen molar-refractivity contribution in [3.8, 4) is 22.9 Å². The molecule has 0 saturated carbocycles. The van der Waals surface area contributed by atoms with Gasteiger partial charge < -0.3 is 13.6 Å². The van der Waals surface area contributed by atoms with Crippen LogP contribution < -0.4 is 0 Å². The Labute approximate surface area is 211 Å². The summed E-state index contributed by atoms with van der Waals surface area (Å²) >= 11 is 0. The summed E-state index contributed by atoms with van der Waals surface area (Å²) in [5, 5.41) is 2.91. The summed E-state index contributed by atoms with van der Waals surface area (Å²) in [6, 6.07) is 18.7. The van der Waals surface area contributed by atoms with E-state index >= 15 is 0 Å². The second-order valence-corrected chi connectivity index (χ2v) is 8.68. The van der Waals surface area contributed by atoms with Crippen molar-refractivity contribution in [2.24, 2.45) is 0 Å². The van der Waals surface area contributed by atoms with Crippen molar-refractivity contribution in [3.63, 3.8) is 0 Å². The van der Waals surface area contributed by atoms with Gasteiger partial charge in [0, 0.05) is 0 Å². The Kier molecular flexibility index (Phi) is 5.38. The van der Waals surface area contributed by atoms with E-state index in [0.717, 1.165) is 21.9 Å². The van der Waals surface area contributed by atoms with Gasteiger partial charge in [0.2, 0.25) is 11.8 Å². The Balaban J connectivity index is 1.53. The van der Waals surface area contributed by atoms with Gasteiger partial charge >= 0.3 is 11.9 Å². The number of hydrogen-bond donors (Lipinski definition) is 0. The van der Waals surface area contributed by atoms with Gasteiger partial charge in [0.05, 0.1) is 34.6 Å². The highest BCUT2D eigenvalue weighted by molar-refractivity contribution is 6.18. The standard InChI is InChI=1S/C30H20N2O5/c1-17-15-19-7-3-5-9-21(19)25(23(17)27-31-11-13-35-27)29(33)37-30(34)26-22-10-6-4-8-20(22)16-18(2)24(26)28-32-12-14-36-28/h3-16H,1-2H3. The van der Waals surface area contributed by atoms with Crippen LogP contribution in [0.15, 0.2) is 94.4 Å². The number of ether oxygens (including phenoxy) is 1. The third-order valence-corrected chi connectivity index (χ3v) is 6.38. The molecule has 0 aliphatic carbocycles. The first-order valence-electron chi connectivity index (χ1n) is 11.6. The predicted molar refractivity (Wildman–Crippen MR) is 138 cm³/mol. The van der Waals surface area contributed by atoms with Crippen LogP contribution >= 0.6 is 0 Å². The second-order valence-electron chi connectivity index (χ2n) is 8.68. The van der Waals surface area contributed by atoms with Crippen LogP contribution in [0.25, 0.3) is 44.5 Å². The van der Waals surface area contributed by atoms with Crippen molar-refractivity contribution in [2.45, 2.75) is 13.8 Å². The van der Waals surface area contributed by atoms with Crippen LogP contribution in [-0.2, 0) is 4.74 Å². The molecule has 0 N–H and O–H groups in total. The molecule has 0 saturated heterocycles. The molecule has 0 bridgehead atoms. The molecule has 4 aromatic carbocycles. The van der Waals surface area contributed by atoms with E-state index in [1.807, 2.05) is 74.5 Å². The van der Waals surface area contributed by atoms with Gasteiger partial charge in [-0.3, -0.25) is 0 Å². The molecule has 0 amide bonds. The van der Waals surface area contributed by atoms with Crippen molar-refractivity contribution in [3.05, 3.63) is 108 Å². The first kappa shape index (κ1) is 22.4. The number of carbonyl (C=O) groups is 2. The van der Waals surface area contributed by atoms with Crippen LogP contribution in [0.1, 0.15) is 31.8 Å². The minimum Gasteiger partial charge on any atom is -0.444 e. The summed E-state index contributed by atoms with van der Waals surface area (Å²) in [7, 11) is 0. The van der Waals surface area contributed by atoms with Crippen molar-refractivity contribution in [1.29, 1.82) is 0 Å². The molecule has 37 heavy (non-hydrogen) atoms. The maximum absolute atomic E-state index is 13.8. The van der Waals surface area contributed by atoms with Gasteiger partial charge in [-0.1, -0.05) is 60.7 Å². The minimum absolute atomic E-state index is 0.209. The monoisotopic (exact) mass is 488 g/mol. The number of esters is 2. The molecule has 6 rings (SSSR count). The van der Waals surface area contributed by atoms with E-state index in [1.165, 1.54) is 24.9 Å². The number of aryl methyl sites for hydroxylation is 2. The molecular formula is C30H20N2O5. The summed E-state index contributed by atoms with van der Waals surface area (Å²) in [5.41, 5.74) is 2.90. The molecule has 7 heteroatoms. The van der Waals surface area contributed by atoms with E-state index in [-0.39, 0.29) is 22.9 Å². The third-order valence-electron chi connectivity index (χ3n) is 6.38. The zero-order chi connectivity index (χ0) is 25.5. The SMILES string of the molecule is Cc1cc2ccccc2c(C(=O)OC(=O)c2c(-c3ncco3)c(C)cc3ccccc23)c1-c1ncco1. The highest BCUT2D eigenvalue weighted by atomic mass is 16.6. The third kappa shape index (κ3) is 3.77. The van der Waals surface area contributed by atoms with Gasteiger partial charge in [0.1, 0.15) is 12.5 Å². The maximum Gasteiger partial charge on any atom is 0.347 e. The second kappa shape index (κ2) is 8.87. The maximum atomic E-state index is 13.8. The molecule has 2 aromatic heterocycles. The van der Waals surface area contributed by atoms with E-state index in [1.54, 1.807) is 0 Å². The van der Waals surface area contributed by atoms with E-state index in [0.29, 0.717) is 21.9 Å². The van der Waals surface area contributed by atoms with Crippen LogP contribution in [0, 0.1) is 13.8 Å². The van der Waals surface area contributed by atoms with Gasteiger partial charge in [-0.25, -0.2) is 19.6 Å². The van der Waals surface area contributed by atoms with Gasteiger partial charge in [-0.15, -0.1) is 0 Å². The van der Waals surface area contributed by atoms with E-state index in [9.17, 15) is 9.59 Å². The van der Waals surface area contributed by atoms with E-state index < -0.39 is 11.9 Å². The lowest BCUT2D eigenvalue weighted by Crippen LogP contribution is -2.16. The fraction of sp³-hybridized carbons (Fsp3) is 0.0667. The average molecular weight is 488 g/mol. The number of benzene rings is 4. The van der Waals surface area contributed by atoms with Gasteiger partial charge in [0.15, 0.2) is 0 Å². The van der Waals surface area contributed by atoms with Crippen LogP contribution in [0.5, 0.6) is 0 Å². The first-order chi connectivity index (χ1) is 18.0. The van der Waals surface area contributed by atoms with Crippen LogP contribution in [0.2, 0.25) is 0 Å². The summed E-state index contributed by atoms with van der Waals surface area (Å²) < 4.78 is 16.7. The molecule has 0 radical (unpaired) electrons. The summed E-state index contributed by atoms with van der Waals surface area (Å²) in [6.45, 7) is 3.72. The fourth-order valence-corrected chi connectivity index (χ4v) is 4.83. The van der Waals surface area contributed by atoms with Gasteiger partial charge in [0.25, 0.3) is 0 Å². The molecule has 0 aliphatic heterocycles. The number of fused-ring (bicyclic) bond motifs is 2. The van der Waals surface area contributed by atoms with Crippen molar-refractivity contribution in [1.82, 2.24) is 9.97 Å². The highest BCUT2D eigenvalue weighted by Crippen LogP contribution is 2.36. The molecule has 180 valence electrons. The topological polar surface area (TPSA) is 95.4 Å². The summed E-state index contributed by atoms with van der Waals surface area (Å²) in [5.74, 6) is -1.07. The van der Waals surface area contributed by atoms with Crippen LogP contribution in [-0.4, -0.2) is 21.9 Å². The molecule has 0 unspecified atom stereocenters. The average Bonchev–Trinajstić information content (AvgIpc) is 3.62. The predicted octanol–water partition coefficient (Wildman–Crippen LogP) is 6.92. The van der Waals surface area contributed by atoms with Gasteiger partial charge in [-0.2, -0.15) is 0 Å². The molecule has 0 aliphatic rings. The number of carbonyl (C=O) groups excluding carboxylic acids is 2. The normalized spacial score (nSPS) is 11.2. The Bertz CT molecular complexity index is 1670. The van der Waals surface area contributed by atoms with Crippen molar-refractivity contribution in [2.75, 3.05) is 0 Å². The molecule has 0 fully saturated rings. The molecule has 7 nitrogen and oxygen atoms in total. The van der Waals surface area contributed by atoms with Crippen molar-refractivity contribution >= 4 is 33.5 Å². The molecule has 6 aromatic rings. The highest BCUT2D eigenvalue weighted by Gasteiger charge is 2.29. The fourth-order valence-electron chi connectivity index (χ4n) is 4.83. The number of oxazole rings is 2.